The molecular formula is C21H29N3O3S. The van der Waals surface area contributed by atoms with Crippen LogP contribution in [0.4, 0.5) is 5.13 Å². The minimum absolute atomic E-state index is 0.00703. The van der Waals surface area contributed by atoms with Crippen molar-refractivity contribution in [1.29, 1.82) is 0 Å². The number of nitrogens with zero attached hydrogens (tertiary/aromatic N) is 1. The standard InChI is InChI=1S/C21H29N3O3S/c1-4-21(2,3)14-7-9-15(10-8-14)22-18(25)12-16-13-28-20(23-16)24-19(26)17-6-5-11-27-17/h5-6,11,13-15H,4,7-10,12H2,1-3H3,(H,22,25)(H,23,24,26). The van der Waals surface area contributed by atoms with Crippen LogP contribution in [-0.4, -0.2) is 22.8 Å². The molecule has 152 valence electrons. The van der Waals surface area contributed by atoms with Gasteiger partial charge in [0.05, 0.1) is 18.4 Å². The number of hydrogen-bond donors (Lipinski definition) is 2. The van der Waals surface area contributed by atoms with Gasteiger partial charge in [-0.1, -0.05) is 27.2 Å². The van der Waals surface area contributed by atoms with Gasteiger partial charge in [-0.15, -0.1) is 11.3 Å². The number of carbonyl (C=O) groups is 2. The van der Waals surface area contributed by atoms with E-state index in [1.807, 2.05) is 0 Å². The molecule has 3 rings (SSSR count). The van der Waals surface area contributed by atoms with Crippen LogP contribution in [-0.2, 0) is 11.2 Å². The number of hydrogen-bond acceptors (Lipinski definition) is 5. The molecule has 1 aliphatic rings. The van der Waals surface area contributed by atoms with E-state index >= 15 is 0 Å². The SMILES string of the molecule is CCC(C)(C)C1CCC(NC(=O)Cc2csc(NC(=O)c3ccco3)n2)CC1. The third kappa shape index (κ3) is 5.22. The third-order valence-electron chi connectivity index (χ3n) is 5.97. The van der Waals surface area contributed by atoms with Crippen molar-refractivity contribution in [3.8, 4) is 0 Å². The van der Waals surface area contributed by atoms with Gasteiger partial charge in [0.1, 0.15) is 0 Å². The second-order valence-corrected chi connectivity index (χ2v) is 9.07. The molecule has 0 saturated heterocycles. The van der Waals surface area contributed by atoms with E-state index in [-0.39, 0.29) is 30.0 Å². The summed E-state index contributed by atoms with van der Waals surface area (Å²) in [5, 5.41) is 8.11. The molecule has 0 radical (unpaired) electrons. The Kier molecular flexibility index (Phi) is 6.54. The average Bonchev–Trinajstić information content (AvgIpc) is 3.34. The summed E-state index contributed by atoms with van der Waals surface area (Å²) in [6.45, 7) is 6.95. The van der Waals surface area contributed by atoms with Gasteiger partial charge in [0, 0.05) is 11.4 Å². The van der Waals surface area contributed by atoms with E-state index in [9.17, 15) is 9.59 Å². The molecule has 2 aromatic heterocycles. The van der Waals surface area contributed by atoms with E-state index < -0.39 is 0 Å². The van der Waals surface area contributed by atoms with Gasteiger partial charge in [0.25, 0.3) is 5.91 Å². The Labute approximate surface area is 170 Å². The summed E-state index contributed by atoms with van der Waals surface area (Å²) in [5.74, 6) is 0.621. The van der Waals surface area contributed by atoms with Gasteiger partial charge in [0.15, 0.2) is 10.9 Å². The average molecular weight is 404 g/mol. The lowest BCUT2D eigenvalue weighted by atomic mass is 9.69. The van der Waals surface area contributed by atoms with E-state index in [1.54, 1.807) is 17.5 Å². The first-order valence-corrected chi connectivity index (χ1v) is 10.8. The van der Waals surface area contributed by atoms with Crippen molar-refractivity contribution in [2.75, 3.05) is 5.32 Å². The predicted octanol–water partition coefficient (Wildman–Crippen LogP) is 4.64. The van der Waals surface area contributed by atoms with Gasteiger partial charge in [-0.3, -0.25) is 14.9 Å². The number of furan rings is 1. The van der Waals surface area contributed by atoms with Crippen molar-refractivity contribution in [1.82, 2.24) is 10.3 Å². The van der Waals surface area contributed by atoms with Gasteiger partial charge < -0.3 is 9.73 Å². The maximum Gasteiger partial charge on any atom is 0.293 e. The van der Waals surface area contributed by atoms with Crippen molar-refractivity contribution >= 4 is 28.3 Å². The molecule has 2 aromatic rings. The zero-order valence-electron chi connectivity index (χ0n) is 16.8. The van der Waals surface area contributed by atoms with Gasteiger partial charge in [-0.25, -0.2) is 4.98 Å². The molecule has 2 amide bonds. The van der Waals surface area contributed by atoms with Crippen LogP contribution in [0.15, 0.2) is 28.2 Å². The van der Waals surface area contributed by atoms with Gasteiger partial charge in [0.2, 0.25) is 5.91 Å². The number of amides is 2. The number of carbonyl (C=O) groups excluding carboxylic acids is 2. The molecular weight excluding hydrogens is 374 g/mol. The Morgan fingerprint density at radius 1 is 1.29 bits per heavy atom. The summed E-state index contributed by atoms with van der Waals surface area (Å²) in [7, 11) is 0. The van der Waals surface area contributed by atoms with Gasteiger partial charge >= 0.3 is 0 Å². The molecule has 0 aliphatic heterocycles. The molecule has 1 saturated carbocycles. The van der Waals surface area contributed by atoms with E-state index in [2.05, 4.69) is 36.4 Å². The molecule has 2 N–H and O–H groups in total. The first kappa shape index (κ1) is 20.6. The third-order valence-corrected chi connectivity index (χ3v) is 6.77. The van der Waals surface area contributed by atoms with Gasteiger partial charge in [-0.05, 0) is 49.1 Å². The summed E-state index contributed by atoms with van der Waals surface area (Å²) in [6, 6.07) is 3.50. The Morgan fingerprint density at radius 3 is 2.68 bits per heavy atom. The zero-order chi connectivity index (χ0) is 20.1. The maximum atomic E-state index is 12.4. The highest BCUT2D eigenvalue weighted by Crippen LogP contribution is 2.40. The summed E-state index contributed by atoms with van der Waals surface area (Å²) in [6.07, 6.45) is 7.30. The molecule has 1 fully saturated rings. The van der Waals surface area contributed by atoms with Gasteiger partial charge in [-0.2, -0.15) is 0 Å². The van der Waals surface area contributed by atoms with E-state index in [0.29, 0.717) is 16.2 Å². The molecule has 0 atom stereocenters. The van der Waals surface area contributed by atoms with Crippen LogP contribution in [0.5, 0.6) is 0 Å². The molecule has 0 spiro atoms. The van der Waals surface area contributed by atoms with E-state index in [1.165, 1.54) is 36.9 Å². The summed E-state index contributed by atoms with van der Waals surface area (Å²) >= 11 is 1.30. The minimum atomic E-state index is -0.345. The second kappa shape index (κ2) is 8.90. The predicted molar refractivity (Wildman–Crippen MR) is 110 cm³/mol. The van der Waals surface area contributed by atoms with Crippen LogP contribution in [0.25, 0.3) is 0 Å². The van der Waals surface area contributed by atoms with Crippen molar-refractivity contribution in [3.63, 3.8) is 0 Å². The normalized spacial score (nSPS) is 20.0. The van der Waals surface area contributed by atoms with Crippen LogP contribution < -0.4 is 10.6 Å². The summed E-state index contributed by atoms with van der Waals surface area (Å²) < 4.78 is 5.06. The molecule has 1 aliphatic carbocycles. The second-order valence-electron chi connectivity index (χ2n) is 8.21. The van der Waals surface area contributed by atoms with Crippen molar-refractivity contribution in [2.24, 2.45) is 11.3 Å². The van der Waals surface area contributed by atoms with Crippen LogP contribution in [0, 0.1) is 11.3 Å². The Bertz CT molecular complexity index is 790. The summed E-state index contributed by atoms with van der Waals surface area (Å²) in [5.41, 5.74) is 1.05. The Balaban J connectivity index is 1.44. The first-order valence-electron chi connectivity index (χ1n) is 9.96. The molecule has 0 unspecified atom stereocenters. The van der Waals surface area contributed by atoms with Crippen molar-refractivity contribution < 1.29 is 14.0 Å². The highest BCUT2D eigenvalue weighted by Gasteiger charge is 2.32. The number of nitrogens with one attached hydrogen (secondary N) is 2. The Morgan fingerprint density at radius 2 is 2.04 bits per heavy atom. The van der Waals surface area contributed by atoms with Crippen molar-refractivity contribution in [3.05, 3.63) is 35.2 Å². The lowest BCUT2D eigenvalue weighted by Crippen LogP contribution is -2.40. The fourth-order valence-corrected chi connectivity index (χ4v) is 4.47. The molecule has 7 heteroatoms. The lowest BCUT2D eigenvalue weighted by molar-refractivity contribution is -0.121. The number of thiazole rings is 1. The van der Waals surface area contributed by atoms with E-state index in [4.69, 9.17) is 4.42 Å². The summed E-state index contributed by atoms with van der Waals surface area (Å²) in [4.78, 5) is 28.7. The molecule has 2 heterocycles. The molecule has 6 nitrogen and oxygen atoms in total. The van der Waals surface area contributed by atoms with Crippen LogP contribution >= 0.6 is 11.3 Å². The van der Waals surface area contributed by atoms with Crippen LogP contribution in [0.1, 0.15) is 69.1 Å². The highest BCUT2D eigenvalue weighted by molar-refractivity contribution is 7.14. The fourth-order valence-electron chi connectivity index (χ4n) is 3.76. The quantitative estimate of drug-likeness (QED) is 0.705. The first-order chi connectivity index (χ1) is 13.4. The number of anilines is 1. The molecule has 28 heavy (non-hydrogen) atoms. The highest BCUT2D eigenvalue weighted by atomic mass is 32.1. The monoisotopic (exact) mass is 403 g/mol. The topological polar surface area (TPSA) is 84.2 Å². The Hall–Kier alpha value is -2.15. The zero-order valence-corrected chi connectivity index (χ0v) is 17.6. The molecule has 0 aromatic carbocycles. The van der Waals surface area contributed by atoms with Crippen LogP contribution in [0.3, 0.4) is 0 Å². The minimum Gasteiger partial charge on any atom is -0.459 e. The van der Waals surface area contributed by atoms with Crippen LogP contribution in [0.2, 0.25) is 0 Å². The number of rotatable bonds is 7. The van der Waals surface area contributed by atoms with Crippen molar-refractivity contribution in [2.45, 2.75) is 65.3 Å². The number of aromatic nitrogens is 1. The van der Waals surface area contributed by atoms with E-state index in [0.717, 1.165) is 18.8 Å². The smallest absolute Gasteiger partial charge is 0.293 e. The fraction of sp³-hybridized carbons (Fsp3) is 0.571. The lowest BCUT2D eigenvalue weighted by Gasteiger charge is -2.39. The maximum absolute atomic E-state index is 12.4. The largest absolute Gasteiger partial charge is 0.459 e. The molecule has 0 bridgehead atoms.